The first kappa shape index (κ1) is 21.6. The summed E-state index contributed by atoms with van der Waals surface area (Å²) in [6, 6.07) is 5.34. The lowest BCUT2D eigenvalue weighted by Crippen LogP contribution is -2.30. The summed E-state index contributed by atoms with van der Waals surface area (Å²) in [5.41, 5.74) is 1.22. The Morgan fingerprint density at radius 1 is 1.31 bits per heavy atom. The maximum absolute atomic E-state index is 13.6. The first-order valence-electron chi connectivity index (χ1n) is 11.0. The molecule has 0 radical (unpaired) electrons. The molecule has 5 heterocycles. The van der Waals surface area contributed by atoms with Gasteiger partial charge in [-0.25, -0.2) is 18.6 Å². The number of carbonyl (C=O) groups excluding carboxylic acids is 1. The molecule has 13 heteroatoms. The third-order valence-corrected chi connectivity index (χ3v) is 7.00. The van der Waals surface area contributed by atoms with Crippen LogP contribution < -0.4 is 16.4 Å². The molecule has 0 atom stereocenters. The lowest BCUT2D eigenvalue weighted by molar-refractivity contribution is 0.0121. The lowest BCUT2D eigenvalue weighted by atomic mass is 10.3. The van der Waals surface area contributed by atoms with Gasteiger partial charge >= 0.3 is 5.69 Å². The number of halogens is 2. The number of aromatic hydroxyl groups is 1. The number of nitrogens with one attached hydrogen (secondary N) is 2. The molecule has 3 N–H and O–H groups in total. The molecule has 0 unspecified atom stereocenters. The van der Waals surface area contributed by atoms with Crippen molar-refractivity contribution in [2.45, 2.75) is 31.2 Å². The smallest absolute Gasteiger partial charge is 0.326 e. The van der Waals surface area contributed by atoms with Crippen molar-refractivity contribution < 1.29 is 18.7 Å². The Morgan fingerprint density at radius 2 is 2.14 bits per heavy atom. The maximum atomic E-state index is 13.6. The molecule has 180 valence electrons. The number of fused-ring (bicyclic) bond motifs is 1. The lowest BCUT2D eigenvalue weighted by Gasteiger charge is -2.14. The predicted molar refractivity (Wildman–Crippen MR) is 122 cm³/mol. The van der Waals surface area contributed by atoms with Gasteiger partial charge in [0.25, 0.3) is 11.8 Å². The van der Waals surface area contributed by atoms with E-state index in [0.29, 0.717) is 31.8 Å². The molecule has 4 aromatic rings. The monoisotopic (exact) mass is 499 g/mol. The minimum Gasteiger partial charge on any atom is -0.493 e. The second kappa shape index (κ2) is 7.83. The average Bonchev–Trinajstić information content (AvgIpc) is 3.15. The summed E-state index contributed by atoms with van der Waals surface area (Å²) >= 11 is 1.18. The SMILES string of the molecule is O=C(c1ccc(-c2cc(=NC3CC3)n3nc/c(=C/c4[nH]c(=O)[nH]c4O)c3n2)s1)N1CCC(F)(F)C1. The van der Waals surface area contributed by atoms with Crippen molar-refractivity contribution >= 4 is 29.0 Å². The molecular formula is C22H19F2N7O3S. The molecule has 1 saturated heterocycles. The number of imidazole rings is 1. The van der Waals surface area contributed by atoms with Crippen LogP contribution >= 0.6 is 11.3 Å². The largest absolute Gasteiger partial charge is 0.493 e. The second-order valence-electron chi connectivity index (χ2n) is 8.68. The topological polar surface area (TPSA) is 132 Å². The standard InChI is InChI=1S/C22H19F2N7O3S/c23-22(24)5-6-30(10-22)20(33)16-4-3-15(35-16)13-8-17(26-12-1-2-12)31-18(27-13)11(9-25-31)7-14-19(32)29-21(34)28-14/h3-4,7-9,12,32H,1-2,5-6,10H2,(H2,28,29,34)/b11-7-,26-17?. The van der Waals surface area contributed by atoms with E-state index in [1.165, 1.54) is 16.2 Å². The minimum atomic E-state index is -2.85. The van der Waals surface area contributed by atoms with Crippen molar-refractivity contribution in [2.24, 2.45) is 4.99 Å². The van der Waals surface area contributed by atoms with E-state index < -0.39 is 24.1 Å². The van der Waals surface area contributed by atoms with Gasteiger partial charge in [0, 0.05) is 24.3 Å². The molecule has 10 nitrogen and oxygen atoms in total. The van der Waals surface area contributed by atoms with Crippen LogP contribution in [0.2, 0.25) is 0 Å². The molecule has 6 rings (SSSR count). The van der Waals surface area contributed by atoms with Gasteiger partial charge in [-0.2, -0.15) is 9.61 Å². The molecule has 1 aliphatic heterocycles. The summed E-state index contributed by atoms with van der Waals surface area (Å²) < 4.78 is 28.7. The molecule has 0 bridgehead atoms. The molecule has 2 aliphatic rings. The number of hydrogen-bond donors (Lipinski definition) is 3. The molecule has 2 fully saturated rings. The van der Waals surface area contributed by atoms with Crippen LogP contribution in [-0.4, -0.2) is 65.5 Å². The fourth-order valence-corrected chi connectivity index (χ4v) is 4.91. The normalized spacial score (nSPS) is 18.7. The van der Waals surface area contributed by atoms with Crippen molar-refractivity contribution in [1.29, 1.82) is 0 Å². The molecule has 35 heavy (non-hydrogen) atoms. The summed E-state index contributed by atoms with van der Waals surface area (Å²) in [6.07, 6.45) is 4.74. The van der Waals surface area contributed by atoms with E-state index in [1.807, 2.05) is 0 Å². The minimum absolute atomic E-state index is 0.0246. The van der Waals surface area contributed by atoms with Crippen LogP contribution in [0.3, 0.4) is 0 Å². The van der Waals surface area contributed by atoms with Crippen molar-refractivity contribution in [3.8, 4) is 16.5 Å². The third-order valence-electron chi connectivity index (χ3n) is 5.90. The van der Waals surface area contributed by atoms with Crippen LogP contribution in [0.4, 0.5) is 8.78 Å². The number of carbonyl (C=O) groups is 1. The van der Waals surface area contributed by atoms with Gasteiger partial charge in [0.05, 0.1) is 34.2 Å². The van der Waals surface area contributed by atoms with Gasteiger partial charge < -0.3 is 15.0 Å². The number of H-pyrrole nitrogens is 2. The van der Waals surface area contributed by atoms with E-state index in [9.17, 15) is 23.5 Å². The van der Waals surface area contributed by atoms with Gasteiger partial charge in [0.15, 0.2) is 11.1 Å². The highest BCUT2D eigenvalue weighted by Gasteiger charge is 2.40. The van der Waals surface area contributed by atoms with E-state index >= 15 is 0 Å². The number of likely N-dealkylation sites (tertiary alicyclic amines) is 1. The Kier molecular flexibility index (Phi) is 4.85. The van der Waals surface area contributed by atoms with Gasteiger partial charge in [0.2, 0.25) is 5.88 Å². The fraction of sp³-hybridized carbons (Fsp3) is 0.318. The number of nitrogens with zero attached hydrogens (tertiary/aromatic N) is 5. The Morgan fingerprint density at radius 3 is 2.83 bits per heavy atom. The highest BCUT2D eigenvalue weighted by atomic mass is 32.1. The molecule has 1 saturated carbocycles. The van der Waals surface area contributed by atoms with Gasteiger partial charge in [0.1, 0.15) is 5.69 Å². The Labute approximate surface area is 199 Å². The number of hydrogen-bond acceptors (Lipinski definition) is 7. The first-order chi connectivity index (χ1) is 16.8. The zero-order valence-corrected chi connectivity index (χ0v) is 19.0. The van der Waals surface area contributed by atoms with Crippen molar-refractivity contribution in [3.05, 3.63) is 56.2 Å². The highest BCUT2D eigenvalue weighted by Crippen LogP contribution is 2.31. The third kappa shape index (κ3) is 4.11. The number of thiophene rings is 1. The predicted octanol–water partition coefficient (Wildman–Crippen LogP) is 1.27. The van der Waals surface area contributed by atoms with Crippen molar-refractivity contribution in [1.82, 2.24) is 29.5 Å². The molecule has 0 spiro atoms. The average molecular weight is 500 g/mol. The number of alkyl halides is 2. The van der Waals surface area contributed by atoms with Gasteiger partial charge in [-0.05, 0) is 31.1 Å². The molecule has 1 amide bonds. The Hall–Kier alpha value is -3.87. The summed E-state index contributed by atoms with van der Waals surface area (Å²) in [5.74, 6) is -3.58. The van der Waals surface area contributed by atoms with Gasteiger partial charge in [-0.1, -0.05) is 0 Å². The fourth-order valence-electron chi connectivity index (χ4n) is 3.98. The molecule has 0 aromatic carbocycles. The van der Waals surface area contributed by atoms with Crippen LogP contribution in [0.25, 0.3) is 22.3 Å². The molecule has 1 aliphatic carbocycles. The van der Waals surface area contributed by atoms with Gasteiger partial charge in [-0.3, -0.25) is 14.8 Å². The van der Waals surface area contributed by atoms with Crippen LogP contribution in [0.5, 0.6) is 5.88 Å². The van der Waals surface area contributed by atoms with Crippen LogP contribution in [-0.2, 0) is 0 Å². The number of rotatable bonds is 4. The number of amides is 1. The summed E-state index contributed by atoms with van der Waals surface area (Å²) in [4.78, 5) is 40.7. The zero-order valence-electron chi connectivity index (χ0n) is 18.2. The maximum Gasteiger partial charge on any atom is 0.326 e. The Bertz CT molecular complexity index is 1650. The van der Waals surface area contributed by atoms with E-state index in [-0.39, 0.29) is 30.6 Å². The molecule has 4 aromatic heterocycles. The number of aromatic nitrogens is 5. The van der Waals surface area contributed by atoms with E-state index in [0.717, 1.165) is 12.8 Å². The summed E-state index contributed by atoms with van der Waals surface area (Å²) in [5, 5.41) is 14.9. The van der Waals surface area contributed by atoms with Crippen LogP contribution in [0.15, 0.2) is 34.2 Å². The summed E-state index contributed by atoms with van der Waals surface area (Å²) in [7, 11) is 0. The zero-order chi connectivity index (χ0) is 24.3. The molecular weight excluding hydrogens is 480 g/mol. The van der Waals surface area contributed by atoms with E-state index in [1.54, 1.807) is 35.0 Å². The van der Waals surface area contributed by atoms with Crippen molar-refractivity contribution in [2.75, 3.05) is 13.1 Å². The quantitative estimate of drug-likeness (QED) is 0.389. The van der Waals surface area contributed by atoms with Gasteiger partial charge in [-0.15, -0.1) is 11.3 Å². The Balaban J connectivity index is 1.44. The van der Waals surface area contributed by atoms with Crippen LogP contribution in [0, 0.1) is 0 Å². The van der Waals surface area contributed by atoms with Crippen LogP contribution in [0.1, 0.15) is 34.6 Å². The second-order valence-corrected chi connectivity index (χ2v) is 9.76. The van der Waals surface area contributed by atoms with E-state index in [4.69, 9.17) is 9.98 Å². The first-order valence-corrected chi connectivity index (χ1v) is 11.8. The summed E-state index contributed by atoms with van der Waals surface area (Å²) in [6.45, 7) is -0.548. The van der Waals surface area contributed by atoms with E-state index in [2.05, 4.69) is 15.1 Å². The van der Waals surface area contributed by atoms with Crippen molar-refractivity contribution in [3.63, 3.8) is 0 Å². The highest BCUT2D eigenvalue weighted by molar-refractivity contribution is 7.17. The number of aromatic amines is 2.